The zero-order valence-corrected chi connectivity index (χ0v) is 18.4. The van der Waals surface area contributed by atoms with E-state index in [1.165, 1.54) is 5.69 Å². The molecule has 1 N–H and O–H groups in total. The number of fused-ring (bicyclic) bond motifs is 1. The van der Waals surface area contributed by atoms with Crippen LogP contribution in [0.1, 0.15) is 23.2 Å². The molecule has 7 nitrogen and oxygen atoms in total. The van der Waals surface area contributed by atoms with Crippen molar-refractivity contribution in [1.82, 2.24) is 10.2 Å². The van der Waals surface area contributed by atoms with E-state index in [4.69, 9.17) is 14.2 Å². The van der Waals surface area contributed by atoms with Gasteiger partial charge in [0.05, 0.1) is 13.2 Å². The smallest absolute Gasteiger partial charge is 0.254 e. The van der Waals surface area contributed by atoms with Crippen LogP contribution in [0.15, 0.2) is 48.5 Å². The number of morpholine rings is 1. The van der Waals surface area contributed by atoms with Crippen molar-refractivity contribution in [3.05, 3.63) is 54.1 Å². The molecule has 0 aromatic heterocycles. The van der Waals surface area contributed by atoms with E-state index in [-0.39, 0.29) is 12.0 Å². The third kappa shape index (κ3) is 4.84. The Hall–Kier alpha value is -2.77. The van der Waals surface area contributed by atoms with Crippen molar-refractivity contribution in [3.63, 3.8) is 0 Å². The topological polar surface area (TPSA) is 63.3 Å². The quantitative estimate of drug-likeness (QED) is 0.776. The maximum Gasteiger partial charge on any atom is 0.254 e. The lowest BCUT2D eigenvalue weighted by atomic mass is 10.0. The molecule has 0 radical (unpaired) electrons. The van der Waals surface area contributed by atoms with Crippen LogP contribution in [-0.4, -0.2) is 75.5 Å². The molecule has 0 aliphatic carbocycles. The van der Waals surface area contributed by atoms with E-state index in [2.05, 4.69) is 22.3 Å². The van der Waals surface area contributed by atoms with Crippen LogP contribution in [0, 0.1) is 0 Å². The molecule has 2 saturated heterocycles. The second kappa shape index (κ2) is 9.79. The molecule has 1 amide bonds. The molecule has 3 aliphatic heterocycles. The fraction of sp³-hybridized carbons (Fsp3) is 0.480. The van der Waals surface area contributed by atoms with Gasteiger partial charge in [-0.15, -0.1) is 0 Å². The Kier molecular flexibility index (Phi) is 6.46. The highest BCUT2D eigenvalue weighted by Crippen LogP contribution is 2.30. The van der Waals surface area contributed by atoms with Gasteiger partial charge in [0.25, 0.3) is 5.91 Å². The number of rotatable bonds is 5. The molecule has 2 aromatic carbocycles. The molecule has 32 heavy (non-hydrogen) atoms. The Bertz CT molecular complexity index is 906. The lowest BCUT2D eigenvalue weighted by molar-refractivity contribution is 0.0303. The first-order valence-electron chi connectivity index (χ1n) is 11.6. The highest BCUT2D eigenvalue weighted by molar-refractivity contribution is 5.94. The molecule has 5 rings (SSSR count). The van der Waals surface area contributed by atoms with Gasteiger partial charge in [-0.2, -0.15) is 0 Å². The number of ether oxygens (including phenoxy) is 3. The SMILES string of the molecule is O=C(c1ccc(N2CCC(NCC3COc4ccccc4O3)CC2)cc1)N1CCOCC1. The van der Waals surface area contributed by atoms with Crippen molar-refractivity contribution in [2.45, 2.75) is 25.0 Å². The van der Waals surface area contributed by atoms with Gasteiger partial charge in [-0.05, 0) is 49.2 Å². The number of amides is 1. The number of nitrogens with one attached hydrogen (secondary N) is 1. The number of hydrogen-bond donors (Lipinski definition) is 1. The van der Waals surface area contributed by atoms with Gasteiger partial charge in [-0.1, -0.05) is 12.1 Å². The number of hydrogen-bond acceptors (Lipinski definition) is 6. The maximum atomic E-state index is 12.6. The third-order valence-electron chi connectivity index (χ3n) is 6.47. The summed E-state index contributed by atoms with van der Waals surface area (Å²) in [5.41, 5.74) is 1.94. The molecule has 1 unspecified atom stereocenters. The summed E-state index contributed by atoms with van der Waals surface area (Å²) >= 11 is 0. The van der Waals surface area contributed by atoms with Crippen molar-refractivity contribution in [1.29, 1.82) is 0 Å². The number of anilines is 1. The number of para-hydroxylation sites is 2. The number of nitrogens with zero attached hydrogens (tertiary/aromatic N) is 2. The van der Waals surface area contributed by atoms with Crippen molar-refractivity contribution in [2.24, 2.45) is 0 Å². The minimum atomic E-state index is 0.0412. The molecular formula is C25H31N3O4. The lowest BCUT2D eigenvalue weighted by Gasteiger charge is -2.35. The molecule has 1 atom stereocenters. The van der Waals surface area contributed by atoms with Crippen molar-refractivity contribution >= 4 is 11.6 Å². The van der Waals surface area contributed by atoms with Gasteiger partial charge in [-0.25, -0.2) is 0 Å². The molecule has 0 spiro atoms. The fourth-order valence-electron chi connectivity index (χ4n) is 4.57. The second-order valence-electron chi connectivity index (χ2n) is 8.62. The van der Waals surface area contributed by atoms with Crippen LogP contribution in [0.3, 0.4) is 0 Å². The molecule has 7 heteroatoms. The minimum absolute atomic E-state index is 0.0412. The summed E-state index contributed by atoms with van der Waals surface area (Å²) in [5.74, 6) is 1.75. The average Bonchev–Trinajstić information content (AvgIpc) is 2.88. The van der Waals surface area contributed by atoms with E-state index in [1.807, 2.05) is 41.3 Å². The van der Waals surface area contributed by atoms with Crippen LogP contribution in [0.5, 0.6) is 11.5 Å². The normalized spacial score (nSPS) is 21.4. The molecule has 170 valence electrons. The monoisotopic (exact) mass is 437 g/mol. The van der Waals surface area contributed by atoms with Crippen molar-refractivity contribution in [2.75, 3.05) is 57.4 Å². The summed E-state index contributed by atoms with van der Waals surface area (Å²) in [5, 5.41) is 3.66. The molecule has 2 aromatic rings. The Morgan fingerprint density at radius 1 is 0.938 bits per heavy atom. The van der Waals surface area contributed by atoms with Crippen LogP contribution in [-0.2, 0) is 4.74 Å². The van der Waals surface area contributed by atoms with Crippen molar-refractivity contribution < 1.29 is 19.0 Å². The van der Waals surface area contributed by atoms with Crippen LogP contribution >= 0.6 is 0 Å². The second-order valence-corrected chi connectivity index (χ2v) is 8.62. The van der Waals surface area contributed by atoms with E-state index in [0.29, 0.717) is 39.0 Å². The van der Waals surface area contributed by atoms with E-state index >= 15 is 0 Å². The minimum Gasteiger partial charge on any atom is -0.486 e. The highest BCUT2D eigenvalue weighted by atomic mass is 16.6. The molecule has 0 bridgehead atoms. The Labute approximate surface area is 189 Å². The predicted molar refractivity (Wildman–Crippen MR) is 123 cm³/mol. The lowest BCUT2D eigenvalue weighted by Crippen LogP contribution is -2.47. The molecule has 3 aliphatic rings. The first kappa shape index (κ1) is 21.1. The standard InChI is InChI=1S/C25H31N3O4/c29-25(28-13-15-30-16-14-28)19-5-7-21(8-6-19)27-11-9-20(10-12-27)26-17-22-18-31-23-3-1-2-4-24(23)32-22/h1-8,20,22,26H,9-18H2. The van der Waals surface area contributed by atoms with E-state index < -0.39 is 0 Å². The van der Waals surface area contributed by atoms with Gasteiger partial charge < -0.3 is 29.3 Å². The number of benzene rings is 2. The zero-order valence-electron chi connectivity index (χ0n) is 18.4. The summed E-state index contributed by atoms with van der Waals surface area (Å²) in [7, 11) is 0. The Balaban J connectivity index is 1.08. The maximum absolute atomic E-state index is 12.6. The van der Waals surface area contributed by atoms with E-state index in [1.54, 1.807) is 0 Å². The first-order valence-corrected chi connectivity index (χ1v) is 11.6. The Morgan fingerprint density at radius 2 is 1.66 bits per heavy atom. The summed E-state index contributed by atoms with van der Waals surface area (Å²) in [6.07, 6.45) is 2.21. The molecular weight excluding hydrogens is 406 g/mol. The van der Waals surface area contributed by atoms with E-state index in [0.717, 1.165) is 49.5 Å². The number of piperidine rings is 1. The van der Waals surface area contributed by atoms with Crippen LogP contribution in [0.2, 0.25) is 0 Å². The number of carbonyl (C=O) groups is 1. The van der Waals surface area contributed by atoms with Crippen LogP contribution in [0.25, 0.3) is 0 Å². The molecule has 2 fully saturated rings. The van der Waals surface area contributed by atoms with E-state index in [9.17, 15) is 4.79 Å². The largest absolute Gasteiger partial charge is 0.486 e. The third-order valence-corrected chi connectivity index (χ3v) is 6.47. The molecule has 3 heterocycles. The molecule has 0 saturated carbocycles. The van der Waals surface area contributed by atoms with Gasteiger partial charge in [0.1, 0.15) is 12.7 Å². The predicted octanol–water partition coefficient (Wildman–Crippen LogP) is 2.56. The Morgan fingerprint density at radius 3 is 2.41 bits per heavy atom. The first-order chi connectivity index (χ1) is 15.8. The van der Waals surface area contributed by atoms with Gasteiger partial charge in [0.2, 0.25) is 0 Å². The summed E-state index contributed by atoms with van der Waals surface area (Å²) in [6.45, 7) is 5.96. The average molecular weight is 438 g/mol. The summed E-state index contributed by atoms with van der Waals surface area (Å²) < 4.78 is 17.2. The van der Waals surface area contributed by atoms with Gasteiger partial charge in [0, 0.05) is 50.0 Å². The van der Waals surface area contributed by atoms with Gasteiger partial charge in [0.15, 0.2) is 11.5 Å². The van der Waals surface area contributed by atoms with Crippen LogP contribution < -0.4 is 19.7 Å². The number of carbonyl (C=O) groups excluding carboxylic acids is 1. The highest BCUT2D eigenvalue weighted by Gasteiger charge is 2.24. The van der Waals surface area contributed by atoms with Crippen molar-refractivity contribution in [3.8, 4) is 11.5 Å². The van der Waals surface area contributed by atoms with Gasteiger partial charge in [-0.3, -0.25) is 4.79 Å². The zero-order chi connectivity index (χ0) is 21.8. The summed E-state index contributed by atoms with van der Waals surface area (Å²) in [4.78, 5) is 16.9. The van der Waals surface area contributed by atoms with Crippen LogP contribution in [0.4, 0.5) is 5.69 Å². The van der Waals surface area contributed by atoms with Gasteiger partial charge >= 0.3 is 0 Å². The fourth-order valence-corrected chi connectivity index (χ4v) is 4.57. The summed E-state index contributed by atoms with van der Waals surface area (Å²) in [6, 6.07) is 16.4.